The number of aromatic nitrogens is 2. The van der Waals surface area contributed by atoms with Crippen molar-refractivity contribution in [2.45, 2.75) is 6.92 Å². The summed E-state index contributed by atoms with van der Waals surface area (Å²) in [6.07, 6.45) is 1.68. The maximum Gasteiger partial charge on any atom is 0.255 e. The van der Waals surface area contributed by atoms with Gasteiger partial charge in [0.2, 0.25) is 5.89 Å². The van der Waals surface area contributed by atoms with Gasteiger partial charge >= 0.3 is 0 Å². The van der Waals surface area contributed by atoms with Crippen molar-refractivity contribution in [3.05, 3.63) is 76.4 Å². The molecule has 0 bridgehead atoms. The van der Waals surface area contributed by atoms with Crippen molar-refractivity contribution >= 4 is 38.8 Å². The third-order valence-corrected chi connectivity index (χ3v) is 4.56. The summed E-state index contributed by atoms with van der Waals surface area (Å²) in [6, 6.07) is 16.5. The molecule has 0 saturated heterocycles. The maximum atomic E-state index is 12.5. The van der Waals surface area contributed by atoms with Crippen LogP contribution in [0.5, 0.6) is 0 Å². The van der Waals surface area contributed by atoms with E-state index in [0.717, 1.165) is 15.6 Å². The van der Waals surface area contributed by atoms with E-state index in [0.29, 0.717) is 28.4 Å². The number of hydrogen-bond acceptors (Lipinski definition) is 4. The minimum Gasteiger partial charge on any atom is -0.434 e. The zero-order valence-corrected chi connectivity index (χ0v) is 15.4. The van der Waals surface area contributed by atoms with E-state index in [9.17, 15) is 4.79 Å². The quantitative estimate of drug-likeness (QED) is 0.505. The Kier molecular flexibility index (Phi) is 4.26. The molecule has 0 spiro atoms. The van der Waals surface area contributed by atoms with Crippen molar-refractivity contribution in [2.24, 2.45) is 0 Å². The molecule has 2 aromatic heterocycles. The van der Waals surface area contributed by atoms with E-state index in [4.69, 9.17) is 4.42 Å². The maximum absolute atomic E-state index is 12.5. The van der Waals surface area contributed by atoms with Crippen molar-refractivity contribution in [1.82, 2.24) is 9.97 Å². The first-order chi connectivity index (χ1) is 12.6. The second-order valence-corrected chi connectivity index (χ2v) is 6.70. The molecule has 26 heavy (non-hydrogen) atoms. The van der Waals surface area contributed by atoms with Crippen LogP contribution >= 0.6 is 15.9 Å². The lowest BCUT2D eigenvalue weighted by Crippen LogP contribution is -2.13. The molecule has 0 aliphatic carbocycles. The Balaban J connectivity index is 1.68. The molecule has 2 heterocycles. The number of oxazole rings is 1. The van der Waals surface area contributed by atoms with Gasteiger partial charge in [0.15, 0.2) is 11.2 Å². The van der Waals surface area contributed by atoms with Gasteiger partial charge in [0.05, 0.1) is 0 Å². The van der Waals surface area contributed by atoms with Gasteiger partial charge in [-0.15, -0.1) is 0 Å². The van der Waals surface area contributed by atoms with Gasteiger partial charge in [0.25, 0.3) is 5.91 Å². The van der Waals surface area contributed by atoms with Crippen LogP contribution in [0.2, 0.25) is 0 Å². The minimum atomic E-state index is -0.175. The van der Waals surface area contributed by atoms with Crippen molar-refractivity contribution in [3.63, 3.8) is 0 Å². The molecule has 6 heteroatoms. The summed E-state index contributed by atoms with van der Waals surface area (Å²) in [5, 5.41) is 2.95. The van der Waals surface area contributed by atoms with Crippen LogP contribution in [0.25, 0.3) is 22.7 Å². The average molecular weight is 408 g/mol. The highest BCUT2D eigenvalue weighted by Gasteiger charge is 2.15. The van der Waals surface area contributed by atoms with Crippen LogP contribution in [0.4, 0.5) is 5.69 Å². The van der Waals surface area contributed by atoms with E-state index in [1.54, 1.807) is 24.4 Å². The second kappa shape index (κ2) is 6.72. The molecule has 0 fully saturated rings. The van der Waals surface area contributed by atoms with E-state index in [1.807, 2.05) is 43.3 Å². The van der Waals surface area contributed by atoms with Crippen LogP contribution in [0.15, 0.2) is 69.7 Å². The van der Waals surface area contributed by atoms with E-state index < -0.39 is 0 Å². The van der Waals surface area contributed by atoms with Gasteiger partial charge in [-0.3, -0.25) is 4.79 Å². The molecule has 4 aromatic rings. The Labute approximate surface area is 158 Å². The standard InChI is InChI=1S/C20H14BrN3O2/c1-12-15(20-24-18-17(26-20)9-4-10-22-18)7-3-8-16(12)23-19(25)13-5-2-6-14(21)11-13/h2-11H,1H3,(H,23,25). The molecule has 2 aromatic carbocycles. The molecule has 128 valence electrons. The minimum absolute atomic E-state index is 0.175. The molecular formula is C20H14BrN3O2. The van der Waals surface area contributed by atoms with Crippen LogP contribution in [-0.2, 0) is 0 Å². The van der Waals surface area contributed by atoms with Gasteiger partial charge in [-0.1, -0.05) is 28.1 Å². The molecule has 0 unspecified atom stereocenters. The lowest BCUT2D eigenvalue weighted by Gasteiger charge is -2.11. The number of carbonyl (C=O) groups is 1. The van der Waals surface area contributed by atoms with E-state index in [1.165, 1.54) is 0 Å². The normalized spacial score (nSPS) is 10.8. The second-order valence-electron chi connectivity index (χ2n) is 5.79. The largest absolute Gasteiger partial charge is 0.434 e. The number of nitrogens with zero attached hydrogens (tertiary/aromatic N) is 2. The predicted octanol–water partition coefficient (Wildman–Crippen LogP) is 5.21. The van der Waals surface area contributed by atoms with Gasteiger partial charge in [-0.2, -0.15) is 4.98 Å². The first-order valence-corrected chi connectivity index (χ1v) is 8.79. The highest BCUT2D eigenvalue weighted by atomic mass is 79.9. The Morgan fingerprint density at radius 3 is 2.77 bits per heavy atom. The third-order valence-electron chi connectivity index (χ3n) is 4.06. The number of anilines is 1. The van der Waals surface area contributed by atoms with Gasteiger partial charge in [0, 0.05) is 27.5 Å². The number of pyridine rings is 1. The van der Waals surface area contributed by atoms with Gasteiger partial charge in [-0.25, -0.2) is 4.98 Å². The summed E-state index contributed by atoms with van der Waals surface area (Å²) in [6.45, 7) is 1.92. The third kappa shape index (κ3) is 3.11. The predicted molar refractivity (Wildman–Crippen MR) is 104 cm³/mol. The van der Waals surface area contributed by atoms with E-state index >= 15 is 0 Å². The van der Waals surface area contributed by atoms with Crippen molar-refractivity contribution in [1.29, 1.82) is 0 Å². The Hall–Kier alpha value is -2.99. The van der Waals surface area contributed by atoms with E-state index in [2.05, 4.69) is 31.2 Å². The van der Waals surface area contributed by atoms with Crippen LogP contribution in [0.3, 0.4) is 0 Å². The highest BCUT2D eigenvalue weighted by Crippen LogP contribution is 2.30. The number of nitrogens with one attached hydrogen (secondary N) is 1. The smallest absolute Gasteiger partial charge is 0.255 e. The van der Waals surface area contributed by atoms with Crippen molar-refractivity contribution in [2.75, 3.05) is 5.32 Å². The number of hydrogen-bond donors (Lipinski definition) is 1. The monoisotopic (exact) mass is 407 g/mol. The fraction of sp³-hybridized carbons (Fsp3) is 0.0500. The van der Waals surface area contributed by atoms with E-state index in [-0.39, 0.29) is 5.91 Å². The molecular weight excluding hydrogens is 394 g/mol. The molecule has 0 radical (unpaired) electrons. The molecule has 4 rings (SSSR count). The lowest BCUT2D eigenvalue weighted by atomic mass is 10.1. The van der Waals surface area contributed by atoms with Gasteiger partial charge in [0.1, 0.15) is 0 Å². The fourth-order valence-electron chi connectivity index (χ4n) is 2.71. The molecule has 1 amide bonds. The molecule has 1 N–H and O–H groups in total. The van der Waals surface area contributed by atoms with Crippen LogP contribution in [0, 0.1) is 6.92 Å². The number of benzene rings is 2. The molecule has 0 aliphatic heterocycles. The van der Waals surface area contributed by atoms with Crippen molar-refractivity contribution in [3.8, 4) is 11.5 Å². The Morgan fingerprint density at radius 1 is 1.12 bits per heavy atom. The SMILES string of the molecule is Cc1c(NC(=O)c2cccc(Br)c2)cccc1-c1nc2ncccc2o1. The van der Waals surface area contributed by atoms with Gasteiger partial charge < -0.3 is 9.73 Å². The lowest BCUT2D eigenvalue weighted by molar-refractivity contribution is 0.102. The summed E-state index contributed by atoms with van der Waals surface area (Å²) in [5.74, 6) is 0.306. The van der Waals surface area contributed by atoms with Crippen LogP contribution < -0.4 is 5.32 Å². The zero-order chi connectivity index (χ0) is 18.1. The summed E-state index contributed by atoms with van der Waals surface area (Å²) in [7, 11) is 0. The summed E-state index contributed by atoms with van der Waals surface area (Å²) >= 11 is 3.38. The highest BCUT2D eigenvalue weighted by molar-refractivity contribution is 9.10. The van der Waals surface area contributed by atoms with Crippen LogP contribution in [0.1, 0.15) is 15.9 Å². The molecule has 5 nitrogen and oxygen atoms in total. The summed E-state index contributed by atoms with van der Waals surface area (Å²) in [5.41, 5.74) is 4.17. The molecule has 0 atom stereocenters. The number of rotatable bonds is 3. The number of halogens is 1. The van der Waals surface area contributed by atoms with Gasteiger partial charge in [-0.05, 0) is 55.0 Å². The summed E-state index contributed by atoms with van der Waals surface area (Å²) < 4.78 is 6.66. The van der Waals surface area contributed by atoms with Crippen molar-refractivity contribution < 1.29 is 9.21 Å². The number of fused-ring (bicyclic) bond motifs is 1. The Morgan fingerprint density at radius 2 is 1.96 bits per heavy atom. The first kappa shape index (κ1) is 16.5. The average Bonchev–Trinajstić information content (AvgIpc) is 3.07. The molecule has 0 aliphatic rings. The summed E-state index contributed by atoms with van der Waals surface area (Å²) in [4.78, 5) is 21.2. The Bertz CT molecular complexity index is 1090. The zero-order valence-electron chi connectivity index (χ0n) is 13.9. The fourth-order valence-corrected chi connectivity index (χ4v) is 3.11. The molecule has 0 saturated carbocycles. The first-order valence-electron chi connectivity index (χ1n) is 8.00. The number of amides is 1. The topological polar surface area (TPSA) is 68.0 Å². The number of carbonyl (C=O) groups excluding carboxylic acids is 1. The van der Waals surface area contributed by atoms with Crippen LogP contribution in [-0.4, -0.2) is 15.9 Å².